The van der Waals surface area contributed by atoms with Crippen molar-refractivity contribution in [2.24, 2.45) is 0 Å². The highest BCUT2D eigenvalue weighted by atomic mass is 32.1. The minimum atomic E-state index is -0.352. The zero-order valence-corrected chi connectivity index (χ0v) is 18.5. The van der Waals surface area contributed by atoms with Crippen molar-refractivity contribution in [2.75, 3.05) is 10.6 Å². The fourth-order valence-corrected chi connectivity index (χ4v) is 4.24. The smallest absolute Gasteiger partial charge is 0.291 e. The number of amides is 2. The maximum atomic E-state index is 13.2. The molecule has 0 fully saturated rings. The Morgan fingerprint density at radius 1 is 0.939 bits per heavy atom. The fraction of sp³-hybridized carbons (Fsp3) is 0.0833. The van der Waals surface area contributed by atoms with Crippen LogP contribution in [0.15, 0.2) is 69.8 Å². The van der Waals surface area contributed by atoms with Crippen molar-refractivity contribution >= 4 is 45.6 Å². The molecular weight excluding hydrogens is 440 g/mol. The van der Waals surface area contributed by atoms with Crippen LogP contribution in [-0.2, 0) is 0 Å². The SMILES string of the molecule is Cc1ccc(-c2cc(C(=O)Nc3ccc(NC(=O)c4ccco4)cc3)c3c(C)noc3n2)s1. The number of benzene rings is 1. The predicted octanol–water partition coefficient (Wildman–Crippen LogP) is 5.67. The van der Waals surface area contributed by atoms with Crippen LogP contribution in [0.4, 0.5) is 11.4 Å². The van der Waals surface area contributed by atoms with Gasteiger partial charge in [0.15, 0.2) is 5.76 Å². The molecule has 0 aliphatic heterocycles. The van der Waals surface area contributed by atoms with Crippen molar-refractivity contribution < 1.29 is 18.5 Å². The van der Waals surface area contributed by atoms with Gasteiger partial charge < -0.3 is 19.6 Å². The van der Waals surface area contributed by atoms with Gasteiger partial charge in [0.05, 0.1) is 33.5 Å². The average Bonchev–Trinajstić information content (AvgIpc) is 3.56. The molecule has 33 heavy (non-hydrogen) atoms. The molecule has 0 aliphatic carbocycles. The number of furan rings is 1. The first kappa shape index (κ1) is 20.7. The molecule has 1 aromatic carbocycles. The number of rotatable bonds is 5. The van der Waals surface area contributed by atoms with E-state index in [4.69, 9.17) is 8.94 Å². The van der Waals surface area contributed by atoms with Gasteiger partial charge >= 0.3 is 0 Å². The van der Waals surface area contributed by atoms with Crippen molar-refractivity contribution in [1.82, 2.24) is 10.1 Å². The Hall–Kier alpha value is -4.24. The number of anilines is 2. The molecule has 8 nitrogen and oxygen atoms in total. The minimum absolute atomic E-state index is 0.218. The lowest BCUT2D eigenvalue weighted by molar-refractivity contribution is 0.0994. The Kier molecular flexibility index (Phi) is 5.23. The zero-order valence-electron chi connectivity index (χ0n) is 17.7. The van der Waals surface area contributed by atoms with Crippen molar-refractivity contribution in [1.29, 1.82) is 0 Å². The van der Waals surface area contributed by atoms with Crippen LogP contribution in [0, 0.1) is 13.8 Å². The molecule has 0 radical (unpaired) electrons. The third-order valence-electron chi connectivity index (χ3n) is 5.00. The quantitative estimate of drug-likeness (QED) is 0.351. The molecule has 0 unspecified atom stereocenters. The minimum Gasteiger partial charge on any atom is -0.459 e. The summed E-state index contributed by atoms with van der Waals surface area (Å²) in [6.45, 7) is 3.79. The lowest BCUT2D eigenvalue weighted by Gasteiger charge is -2.09. The highest BCUT2D eigenvalue weighted by Gasteiger charge is 2.20. The number of carbonyl (C=O) groups is 2. The van der Waals surface area contributed by atoms with E-state index in [1.54, 1.807) is 60.7 Å². The van der Waals surface area contributed by atoms with Gasteiger partial charge in [-0.05, 0) is 68.4 Å². The number of nitrogens with zero attached hydrogens (tertiary/aromatic N) is 2. The van der Waals surface area contributed by atoms with Crippen molar-refractivity contribution in [3.05, 3.63) is 82.8 Å². The summed E-state index contributed by atoms with van der Waals surface area (Å²) in [6.07, 6.45) is 1.44. The summed E-state index contributed by atoms with van der Waals surface area (Å²) in [7, 11) is 0. The molecule has 0 bridgehead atoms. The van der Waals surface area contributed by atoms with Crippen LogP contribution in [0.3, 0.4) is 0 Å². The summed E-state index contributed by atoms with van der Waals surface area (Å²) in [5, 5.41) is 10.2. The Morgan fingerprint density at radius 3 is 2.30 bits per heavy atom. The molecule has 0 spiro atoms. The van der Waals surface area contributed by atoms with Gasteiger partial charge in [-0.25, -0.2) is 4.98 Å². The summed E-state index contributed by atoms with van der Waals surface area (Å²) >= 11 is 1.59. The molecule has 2 N–H and O–H groups in total. The number of aromatic nitrogens is 2. The van der Waals surface area contributed by atoms with Gasteiger partial charge in [-0.1, -0.05) is 5.16 Å². The van der Waals surface area contributed by atoms with Gasteiger partial charge in [0, 0.05) is 16.3 Å². The molecule has 0 atom stereocenters. The van der Waals surface area contributed by atoms with Crippen LogP contribution in [0.2, 0.25) is 0 Å². The number of nitrogens with one attached hydrogen (secondary N) is 2. The molecule has 4 aromatic heterocycles. The van der Waals surface area contributed by atoms with E-state index in [0.717, 1.165) is 9.75 Å². The highest BCUT2D eigenvalue weighted by Crippen LogP contribution is 2.31. The molecule has 9 heteroatoms. The molecule has 0 saturated heterocycles. The van der Waals surface area contributed by atoms with E-state index in [1.165, 1.54) is 6.26 Å². The van der Waals surface area contributed by atoms with Gasteiger partial charge in [0.25, 0.3) is 17.5 Å². The number of aryl methyl sites for hydroxylation is 2. The maximum Gasteiger partial charge on any atom is 0.291 e. The number of pyridine rings is 1. The fourth-order valence-electron chi connectivity index (χ4n) is 3.41. The molecule has 0 saturated carbocycles. The van der Waals surface area contributed by atoms with E-state index in [0.29, 0.717) is 39.4 Å². The number of hydrogen-bond acceptors (Lipinski definition) is 7. The lowest BCUT2D eigenvalue weighted by Crippen LogP contribution is -2.14. The predicted molar refractivity (Wildman–Crippen MR) is 126 cm³/mol. The normalized spacial score (nSPS) is 11.0. The molecule has 4 heterocycles. The number of hydrogen-bond donors (Lipinski definition) is 2. The van der Waals surface area contributed by atoms with Crippen molar-refractivity contribution in [2.45, 2.75) is 13.8 Å². The topological polar surface area (TPSA) is 110 Å². The number of thiophene rings is 1. The third-order valence-corrected chi connectivity index (χ3v) is 6.02. The Balaban J connectivity index is 1.39. The van der Waals surface area contributed by atoms with E-state index >= 15 is 0 Å². The first-order chi connectivity index (χ1) is 16.0. The first-order valence-electron chi connectivity index (χ1n) is 10.1. The summed E-state index contributed by atoms with van der Waals surface area (Å²) < 4.78 is 10.4. The molecule has 5 rings (SSSR count). The summed E-state index contributed by atoms with van der Waals surface area (Å²) in [4.78, 5) is 31.9. The largest absolute Gasteiger partial charge is 0.459 e. The standard InChI is InChI=1S/C24H18N4O4S/c1-13-5-10-20(33-13)18-12-17(21-14(2)28-32-24(21)27-18)22(29)25-15-6-8-16(9-7-15)26-23(30)19-4-3-11-31-19/h3-12H,1-2H3,(H,25,29)(H,26,30). The maximum absolute atomic E-state index is 13.2. The molecule has 164 valence electrons. The van der Waals surface area contributed by atoms with E-state index in [1.807, 2.05) is 19.1 Å². The van der Waals surface area contributed by atoms with Crippen molar-refractivity contribution in [3.8, 4) is 10.6 Å². The van der Waals surface area contributed by atoms with E-state index in [2.05, 4.69) is 20.8 Å². The molecule has 2 amide bonds. The molecular formula is C24H18N4O4S. The van der Waals surface area contributed by atoms with E-state index in [9.17, 15) is 9.59 Å². The Morgan fingerprint density at radius 2 is 1.67 bits per heavy atom. The second kappa shape index (κ2) is 8.36. The summed E-state index contributed by atoms with van der Waals surface area (Å²) in [6, 6.07) is 15.8. The Labute approximate surface area is 192 Å². The Bertz CT molecular complexity index is 1470. The van der Waals surface area contributed by atoms with Crippen molar-refractivity contribution in [3.63, 3.8) is 0 Å². The second-order valence-corrected chi connectivity index (χ2v) is 8.66. The molecule has 0 aliphatic rings. The van der Waals surface area contributed by atoms with Gasteiger partial charge in [-0.15, -0.1) is 11.3 Å². The first-order valence-corrected chi connectivity index (χ1v) is 10.9. The summed E-state index contributed by atoms with van der Waals surface area (Å²) in [5.74, 6) is -0.444. The van der Waals surface area contributed by atoms with E-state index in [-0.39, 0.29) is 17.6 Å². The van der Waals surface area contributed by atoms with Crippen LogP contribution in [0.1, 0.15) is 31.5 Å². The third kappa shape index (κ3) is 4.13. The van der Waals surface area contributed by atoms with Crippen LogP contribution >= 0.6 is 11.3 Å². The van der Waals surface area contributed by atoms with Gasteiger partial charge in [-0.3, -0.25) is 9.59 Å². The van der Waals surface area contributed by atoms with Crippen LogP contribution in [0.25, 0.3) is 21.7 Å². The zero-order chi connectivity index (χ0) is 22.9. The summed E-state index contributed by atoms with van der Waals surface area (Å²) in [5.41, 5.74) is 3.13. The van der Waals surface area contributed by atoms with Crippen LogP contribution < -0.4 is 10.6 Å². The second-order valence-electron chi connectivity index (χ2n) is 7.38. The molecule has 5 aromatic rings. The monoisotopic (exact) mass is 458 g/mol. The number of carbonyl (C=O) groups excluding carboxylic acids is 2. The van der Waals surface area contributed by atoms with Gasteiger partial charge in [0.2, 0.25) is 0 Å². The van der Waals surface area contributed by atoms with Gasteiger partial charge in [-0.2, -0.15) is 0 Å². The van der Waals surface area contributed by atoms with Crippen LogP contribution in [-0.4, -0.2) is 22.0 Å². The number of fused-ring (bicyclic) bond motifs is 1. The lowest BCUT2D eigenvalue weighted by atomic mass is 10.1. The van der Waals surface area contributed by atoms with Gasteiger partial charge in [0.1, 0.15) is 0 Å². The van der Waals surface area contributed by atoms with Crippen LogP contribution in [0.5, 0.6) is 0 Å². The average molecular weight is 458 g/mol. The van der Waals surface area contributed by atoms with E-state index < -0.39 is 0 Å². The highest BCUT2D eigenvalue weighted by molar-refractivity contribution is 7.15.